The third-order valence-corrected chi connectivity index (χ3v) is 6.33. The predicted molar refractivity (Wildman–Crippen MR) is 132 cm³/mol. The molecule has 34 heavy (non-hydrogen) atoms. The fraction of sp³-hybridized carbons (Fsp3) is 0.269. The molecule has 0 atom stereocenters. The minimum Gasteiger partial charge on any atom is -0.370 e. The maximum atomic E-state index is 13.7. The first-order chi connectivity index (χ1) is 16.4. The van der Waals surface area contributed by atoms with E-state index in [1.807, 2.05) is 35.8 Å². The van der Waals surface area contributed by atoms with Crippen molar-refractivity contribution in [2.24, 2.45) is 5.73 Å². The summed E-state index contributed by atoms with van der Waals surface area (Å²) in [5.74, 6) is 0.508. The number of benzene rings is 2. The van der Waals surface area contributed by atoms with Crippen LogP contribution in [0.3, 0.4) is 0 Å². The van der Waals surface area contributed by atoms with Crippen LogP contribution in [0.1, 0.15) is 40.2 Å². The van der Waals surface area contributed by atoms with E-state index >= 15 is 0 Å². The monoisotopic (exact) mass is 458 g/mol. The number of carbonyl (C=O) groups excluding carboxylic acids is 1. The highest BCUT2D eigenvalue weighted by Crippen LogP contribution is 2.33. The Labute approximate surface area is 197 Å². The summed E-state index contributed by atoms with van der Waals surface area (Å²) in [4.78, 5) is 24.1. The molecule has 0 saturated heterocycles. The molecule has 1 aliphatic heterocycles. The highest BCUT2D eigenvalue weighted by Gasteiger charge is 2.23. The highest BCUT2D eigenvalue weighted by molar-refractivity contribution is 6.06. The van der Waals surface area contributed by atoms with Gasteiger partial charge in [0, 0.05) is 36.8 Å². The van der Waals surface area contributed by atoms with Gasteiger partial charge in [0.2, 0.25) is 11.9 Å². The molecule has 0 radical (unpaired) electrons. The number of amides is 1. The minimum absolute atomic E-state index is 0.265. The Morgan fingerprint density at radius 1 is 1.15 bits per heavy atom. The summed E-state index contributed by atoms with van der Waals surface area (Å²) in [6.45, 7) is 3.31. The second-order valence-electron chi connectivity index (χ2n) is 8.75. The van der Waals surface area contributed by atoms with E-state index in [1.54, 1.807) is 12.1 Å². The van der Waals surface area contributed by atoms with Crippen molar-refractivity contribution in [1.29, 1.82) is 0 Å². The average molecular weight is 459 g/mol. The van der Waals surface area contributed by atoms with Crippen molar-refractivity contribution >= 4 is 28.3 Å². The fourth-order valence-corrected chi connectivity index (χ4v) is 4.72. The number of rotatable bonds is 5. The molecule has 3 heterocycles. The Morgan fingerprint density at radius 3 is 2.76 bits per heavy atom. The summed E-state index contributed by atoms with van der Waals surface area (Å²) in [6, 6.07) is 14.0. The lowest BCUT2D eigenvalue weighted by atomic mass is 10.1. The number of carbonyl (C=O) groups is 1. The number of nitrogens with one attached hydrogen (secondary N) is 1. The van der Waals surface area contributed by atoms with Crippen molar-refractivity contribution in [3.63, 3.8) is 0 Å². The summed E-state index contributed by atoms with van der Waals surface area (Å²) in [5.41, 5.74) is 10.6. The number of nitrogens with zero attached hydrogens (tertiary/aromatic N) is 4. The first-order valence-corrected chi connectivity index (χ1v) is 11.4. The standard InChI is InChI=1S/C26H27FN6O/c1-16-13-20-19(24(28)34)9-6-11-22(20)33(16)26-30-21-10-3-4-12-32(2)23(21)25(31-26)29-15-17-7-5-8-18(27)14-17/h5-9,11,13-14H,3-4,10,12,15H2,1-2H3,(H2,28,34)(H,29,30,31). The third-order valence-electron chi connectivity index (χ3n) is 6.33. The lowest BCUT2D eigenvalue weighted by Crippen LogP contribution is -2.22. The Kier molecular flexibility index (Phi) is 5.65. The van der Waals surface area contributed by atoms with Crippen molar-refractivity contribution in [3.05, 3.63) is 76.9 Å². The van der Waals surface area contributed by atoms with Gasteiger partial charge < -0.3 is 16.0 Å². The number of fused-ring (bicyclic) bond motifs is 2. The summed E-state index contributed by atoms with van der Waals surface area (Å²) in [6.07, 6.45) is 2.95. The van der Waals surface area contributed by atoms with Gasteiger partial charge in [0.15, 0.2) is 5.82 Å². The summed E-state index contributed by atoms with van der Waals surface area (Å²) in [7, 11) is 2.05. The molecule has 8 heteroatoms. The molecule has 3 N–H and O–H groups in total. The smallest absolute Gasteiger partial charge is 0.249 e. The van der Waals surface area contributed by atoms with Gasteiger partial charge in [-0.15, -0.1) is 0 Å². The van der Waals surface area contributed by atoms with E-state index in [9.17, 15) is 9.18 Å². The lowest BCUT2D eigenvalue weighted by molar-refractivity contribution is 0.100. The third kappa shape index (κ3) is 3.96. The predicted octanol–water partition coefficient (Wildman–Crippen LogP) is 4.35. The molecular formula is C26H27FN6O. The molecule has 0 aliphatic carbocycles. The van der Waals surface area contributed by atoms with E-state index in [-0.39, 0.29) is 5.82 Å². The van der Waals surface area contributed by atoms with E-state index in [0.29, 0.717) is 23.9 Å². The van der Waals surface area contributed by atoms with Crippen LogP contribution in [0.5, 0.6) is 0 Å². The van der Waals surface area contributed by atoms with Crippen LogP contribution in [-0.2, 0) is 13.0 Å². The van der Waals surface area contributed by atoms with Gasteiger partial charge in [-0.05, 0) is 62.1 Å². The van der Waals surface area contributed by atoms with Gasteiger partial charge in [-0.2, -0.15) is 4.98 Å². The largest absolute Gasteiger partial charge is 0.370 e. The van der Waals surface area contributed by atoms with E-state index in [4.69, 9.17) is 15.7 Å². The lowest BCUT2D eigenvalue weighted by Gasteiger charge is -2.23. The maximum Gasteiger partial charge on any atom is 0.249 e. The van der Waals surface area contributed by atoms with E-state index in [2.05, 4.69) is 17.3 Å². The van der Waals surface area contributed by atoms with Gasteiger partial charge in [0.25, 0.3) is 0 Å². The molecule has 174 valence electrons. The number of aromatic nitrogens is 3. The Bertz CT molecular complexity index is 1400. The van der Waals surface area contributed by atoms with E-state index in [1.165, 1.54) is 12.1 Å². The van der Waals surface area contributed by atoms with Crippen LogP contribution >= 0.6 is 0 Å². The van der Waals surface area contributed by atoms with Crippen molar-refractivity contribution in [3.8, 4) is 5.95 Å². The highest BCUT2D eigenvalue weighted by atomic mass is 19.1. The van der Waals surface area contributed by atoms with Crippen molar-refractivity contribution in [2.45, 2.75) is 32.7 Å². The molecule has 0 spiro atoms. The van der Waals surface area contributed by atoms with Crippen LogP contribution in [0.25, 0.3) is 16.9 Å². The van der Waals surface area contributed by atoms with Crippen molar-refractivity contribution in [2.75, 3.05) is 23.8 Å². The van der Waals surface area contributed by atoms with Crippen molar-refractivity contribution < 1.29 is 9.18 Å². The minimum atomic E-state index is -0.468. The Balaban J connectivity index is 1.65. The quantitative estimate of drug-likeness (QED) is 0.464. The second-order valence-corrected chi connectivity index (χ2v) is 8.75. The molecule has 0 saturated carbocycles. The SMILES string of the molecule is Cc1cc2c(C(N)=O)cccc2n1-c1nc2c(c(NCc3cccc(F)c3)n1)N(C)CCCC2. The molecule has 5 rings (SSSR count). The van der Waals surface area contributed by atoms with Crippen molar-refractivity contribution in [1.82, 2.24) is 14.5 Å². The number of primary amides is 1. The Morgan fingerprint density at radius 2 is 1.97 bits per heavy atom. The summed E-state index contributed by atoms with van der Waals surface area (Å²) < 4.78 is 15.7. The number of aryl methyl sites for hydroxylation is 2. The van der Waals surface area contributed by atoms with Crippen LogP contribution in [0, 0.1) is 12.7 Å². The maximum absolute atomic E-state index is 13.7. The average Bonchev–Trinajstić information content (AvgIpc) is 3.03. The first-order valence-electron chi connectivity index (χ1n) is 11.4. The number of anilines is 2. The van der Waals surface area contributed by atoms with Gasteiger partial charge in [-0.1, -0.05) is 18.2 Å². The molecule has 2 aromatic carbocycles. The number of hydrogen-bond acceptors (Lipinski definition) is 5. The van der Waals surface area contributed by atoms with Gasteiger partial charge >= 0.3 is 0 Å². The van der Waals surface area contributed by atoms with Gasteiger partial charge in [0.05, 0.1) is 11.2 Å². The van der Waals surface area contributed by atoms with E-state index in [0.717, 1.165) is 59.3 Å². The molecule has 1 aliphatic rings. The molecule has 0 bridgehead atoms. The number of nitrogens with two attached hydrogens (primary N) is 1. The molecule has 2 aromatic heterocycles. The second kappa shape index (κ2) is 8.78. The molecule has 0 fully saturated rings. The van der Waals surface area contributed by atoms with Crippen LogP contribution < -0.4 is 16.0 Å². The normalized spacial score (nSPS) is 13.6. The zero-order chi connectivity index (χ0) is 23.8. The van der Waals surface area contributed by atoms with Crippen LogP contribution in [0.2, 0.25) is 0 Å². The van der Waals surface area contributed by atoms with E-state index < -0.39 is 5.91 Å². The summed E-state index contributed by atoms with van der Waals surface area (Å²) in [5, 5.41) is 4.20. The number of hydrogen-bond donors (Lipinski definition) is 2. The molecule has 1 amide bonds. The fourth-order valence-electron chi connectivity index (χ4n) is 4.72. The Hall–Kier alpha value is -3.94. The van der Waals surface area contributed by atoms with Crippen LogP contribution in [-0.4, -0.2) is 34.0 Å². The van der Waals surface area contributed by atoms with Gasteiger partial charge in [0.1, 0.15) is 11.5 Å². The zero-order valence-electron chi connectivity index (χ0n) is 19.3. The molecule has 0 unspecified atom stereocenters. The van der Waals surface area contributed by atoms with Crippen LogP contribution in [0.4, 0.5) is 15.9 Å². The summed E-state index contributed by atoms with van der Waals surface area (Å²) >= 11 is 0. The van der Waals surface area contributed by atoms with Crippen LogP contribution in [0.15, 0.2) is 48.5 Å². The van der Waals surface area contributed by atoms with Gasteiger partial charge in [-0.3, -0.25) is 9.36 Å². The first kappa shape index (κ1) is 21.9. The molecule has 7 nitrogen and oxygen atoms in total. The topological polar surface area (TPSA) is 89.1 Å². The zero-order valence-corrected chi connectivity index (χ0v) is 19.3. The molecule has 4 aromatic rings. The molecular weight excluding hydrogens is 431 g/mol. The number of halogens is 1. The van der Waals surface area contributed by atoms with Gasteiger partial charge in [-0.25, -0.2) is 9.37 Å².